The lowest BCUT2D eigenvalue weighted by molar-refractivity contribution is -0.0268. The monoisotopic (exact) mass is 213 g/mol. The zero-order valence-corrected chi connectivity index (χ0v) is 8.59. The maximum atomic E-state index is 11.3. The second-order valence-corrected chi connectivity index (χ2v) is 3.11. The number of anilines is 1. The average molecular weight is 213 g/mol. The average Bonchev–Trinajstić information content (AvgIpc) is 2.22. The Morgan fingerprint density at radius 2 is 2.47 bits per heavy atom. The van der Waals surface area contributed by atoms with E-state index in [1.54, 1.807) is 0 Å². The first-order chi connectivity index (χ1) is 7.17. The van der Waals surface area contributed by atoms with E-state index in [-0.39, 0.29) is 25.3 Å². The number of nitrogen functional groups attached to an aromatic ring is 1. The van der Waals surface area contributed by atoms with Crippen molar-refractivity contribution in [2.24, 2.45) is 0 Å². The largest absolute Gasteiger partial charge is 0.394 e. The fraction of sp³-hybridized carbons (Fsp3) is 0.556. The maximum Gasteiger partial charge on any atom is 0.351 e. The lowest BCUT2D eigenvalue weighted by atomic mass is 10.3. The van der Waals surface area contributed by atoms with E-state index in [2.05, 4.69) is 4.98 Å². The van der Waals surface area contributed by atoms with Crippen LogP contribution in [0.1, 0.15) is 13.3 Å². The van der Waals surface area contributed by atoms with E-state index in [0.717, 1.165) is 0 Å². The van der Waals surface area contributed by atoms with Crippen LogP contribution < -0.4 is 11.4 Å². The first-order valence-corrected chi connectivity index (χ1v) is 4.72. The van der Waals surface area contributed by atoms with Crippen molar-refractivity contribution in [3.63, 3.8) is 0 Å². The molecule has 1 atom stereocenters. The minimum atomic E-state index is -0.456. The zero-order chi connectivity index (χ0) is 11.3. The molecule has 3 N–H and O–H groups in total. The van der Waals surface area contributed by atoms with Gasteiger partial charge in [0.25, 0.3) is 0 Å². The predicted molar refractivity (Wildman–Crippen MR) is 55.2 cm³/mol. The smallest absolute Gasteiger partial charge is 0.351 e. The molecule has 0 aliphatic rings. The Balaban J connectivity index is 2.61. The summed E-state index contributed by atoms with van der Waals surface area (Å²) in [7, 11) is 0. The Morgan fingerprint density at radius 1 is 1.73 bits per heavy atom. The minimum absolute atomic E-state index is 0.0619. The van der Waals surface area contributed by atoms with E-state index in [9.17, 15) is 4.79 Å². The van der Waals surface area contributed by atoms with E-state index in [1.807, 2.05) is 6.92 Å². The molecule has 15 heavy (non-hydrogen) atoms. The molecule has 1 aromatic rings. The van der Waals surface area contributed by atoms with Crippen LogP contribution in [0.5, 0.6) is 0 Å². The Kier molecular flexibility index (Phi) is 4.26. The van der Waals surface area contributed by atoms with Gasteiger partial charge in [-0.05, 0) is 12.5 Å². The molecule has 6 nitrogen and oxygen atoms in total. The molecule has 0 saturated heterocycles. The molecule has 0 radical (unpaired) electrons. The van der Waals surface area contributed by atoms with Crippen LogP contribution in [-0.4, -0.2) is 27.4 Å². The van der Waals surface area contributed by atoms with Crippen LogP contribution >= 0.6 is 0 Å². The fourth-order valence-corrected chi connectivity index (χ4v) is 1.03. The molecule has 0 aliphatic carbocycles. The van der Waals surface area contributed by atoms with Gasteiger partial charge in [0.05, 0.1) is 12.7 Å². The number of hydrogen-bond donors (Lipinski definition) is 2. The van der Waals surface area contributed by atoms with Gasteiger partial charge in [0.1, 0.15) is 12.5 Å². The van der Waals surface area contributed by atoms with Gasteiger partial charge in [0, 0.05) is 6.20 Å². The Hall–Kier alpha value is -1.40. The second-order valence-electron chi connectivity index (χ2n) is 3.11. The van der Waals surface area contributed by atoms with Crippen molar-refractivity contribution in [1.82, 2.24) is 9.55 Å². The van der Waals surface area contributed by atoms with Crippen LogP contribution in [-0.2, 0) is 11.5 Å². The molecule has 1 heterocycles. The van der Waals surface area contributed by atoms with Crippen molar-refractivity contribution in [2.45, 2.75) is 26.2 Å². The third-order valence-corrected chi connectivity index (χ3v) is 2.00. The van der Waals surface area contributed by atoms with Crippen LogP contribution in [0.15, 0.2) is 17.1 Å². The standard InChI is InChI=1S/C9H15N3O3/c1-2-7(5-13)15-6-12-4-3-8(10)11-9(12)14/h3-4,7,13H,2,5-6H2,1H3,(H2,10,11,14)/t7-/m0/s1. The number of aliphatic hydroxyl groups is 1. The first-order valence-electron chi connectivity index (χ1n) is 4.72. The van der Waals surface area contributed by atoms with Crippen LogP contribution in [0.2, 0.25) is 0 Å². The first kappa shape index (κ1) is 11.7. The van der Waals surface area contributed by atoms with Crippen LogP contribution in [0.4, 0.5) is 5.82 Å². The summed E-state index contributed by atoms with van der Waals surface area (Å²) in [5.74, 6) is 0.186. The van der Waals surface area contributed by atoms with Gasteiger partial charge in [-0.2, -0.15) is 4.98 Å². The molecule has 0 unspecified atom stereocenters. The minimum Gasteiger partial charge on any atom is -0.394 e. The summed E-state index contributed by atoms with van der Waals surface area (Å²) in [5.41, 5.74) is 4.87. The van der Waals surface area contributed by atoms with E-state index in [0.29, 0.717) is 6.42 Å². The molecule has 84 valence electrons. The van der Waals surface area contributed by atoms with Crippen LogP contribution in [0.25, 0.3) is 0 Å². The highest BCUT2D eigenvalue weighted by molar-refractivity contribution is 5.23. The molecule has 0 fully saturated rings. The van der Waals surface area contributed by atoms with Crippen molar-refractivity contribution in [3.8, 4) is 0 Å². The molecule has 0 aliphatic heterocycles. The third-order valence-electron chi connectivity index (χ3n) is 2.00. The molecule has 6 heteroatoms. The molecule has 0 bridgehead atoms. The van der Waals surface area contributed by atoms with Crippen molar-refractivity contribution < 1.29 is 9.84 Å². The van der Waals surface area contributed by atoms with Crippen molar-refractivity contribution in [3.05, 3.63) is 22.7 Å². The van der Waals surface area contributed by atoms with Crippen molar-refractivity contribution >= 4 is 5.82 Å². The molecule has 1 rings (SSSR count). The number of rotatable bonds is 5. The van der Waals surface area contributed by atoms with Crippen LogP contribution in [0.3, 0.4) is 0 Å². The molecule has 0 aromatic carbocycles. The molecule has 0 amide bonds. The van der Waals surface area contributed by atoms with Crippen molar-refractivity contribution in [2.75, 3.05) is 12.3 Å². The number of aromatic nitrogens is 2. The van der Waals surface area contributed by atoms with E-state index >= 15 is 0 Å². The van der Waals surface area contributed by atoms with Crippen LogP contribution in [0, 0.1) is 0 Å². The summed E-state index contributed by atoms with van der Waals surface area (Å²) in [4.78, 5) is 14.8. The molecular weight excluding hydrogens is 198 g/mol. The number of aliphatic hydroxyl groups excluding tert-OH is 1. The number of nitrogens with two attached hydrogens (primary N) is 1. The van der Waals surface area contributed by atoms with Gasteiger partial charge in [-0.1, -0.05) is 6.92 Å². The Labute approximate surface area is 87.3 Å². The zero-order valence-electron chi connectivity index (χ0n) is 8.59. The molecular formula is C9H15N3O3. The lowest BCUT2D eigenvalue weighted by Gasteiger charge is -2.13. The maximum absolute atomic E-state index is 11.3. The number of hydrogen-bond acceptors (Lipinski definition) is 5. The summed E-state index contributed by atoms with van der Waals surface area (Å²) in [6.07, 6.45) is 1.94. The normalized spacial score (nSPS) is 12.7. The van der Waals surface area contributed by atoms with Gasteiger partial charge in [-0.25, -0.2) is 4.79 Å². The molecule has 0 spiro atoms. The highest BCUT2D eigenvalue weighted by Gasteiger charge is 2.05. The van der Waals surface area contributed by atoms with Gasteiger partial charge in [-0.3, -0.25) is 4.57 Å². The number of nitrogens with zero attached hydrogens (tertiary/aromatic N) is 2. The van der Waals surface area contributed by atoms with E-state index in [4.69, 9.17) is 15.6 Å². The van der Waals surface area contributed by atoms with Crippen molar-refractivity contribution in [1.29, 1.82) is 0 Å². The second kappa shape index (κ2) is 5.47. The fourth-order valence-electron chi connectivity index (χ4n) is 1.03. The summed E-state index contributed by atoms with van der Waals surface area (Å²) in [6, 6.07) is 1.52. The lowest BCUT2D eigenvalue weighted by Crippen LogP contribution is -2.27. The predicted octanol–water partition coefficient (Wildman–Crippen LogP) is -0.430. The van der Waals surface area contributed by atoms with Gasteiger partial charge in [-0.15, -0.1) is 0 Å². The number of ether oxygens (including phenoxy) is 1. The summed E-state index contributed by atoms with van der Waals surface area (Å²) >= 11 is 0. The molecule has 0 saturated carbocycles. The van der Waals surface area contributed by atoms with Gasteiger partial charge >= 0.3 is 5.69 Å². The SMILES string of the molecule is CC[C@@H](CO)OCn1ccc(N)nc1=O. The Morgan fingerprint density at radius 3 is 3.00 bits per heavy atom. The topological polar surface area (TPSA) is 90.4 Å². The summed E-state index contributed by atoms with van der Waals surface area (Å²) in [5, 5.41) is 8.87. The van der Waals surface area contributed by atoms with Gasteiger partial charge in [0.2, 0.25) is 0 Å². The summed E-state index contributed by atoms with van der Waals surface area (Å²) < 4.78 is 6.57. The van der Waals surface area contributed by atoms with Gasteiger partial charge < -0.3 is 15.6 Å². The highest BCUT2D eigenvalue weighted by atomic mass is 16.5. The quantitative estimate of drug-likeness (QED) is 0.692. The molecule has 1 aromatic heterocycles. The third kappa shape index (κ3) is 3.34. The Bertz CT molecular complexity index is 360. The highest BCUT2D eigenvalue weighted by Crippen LogP contribution is 1.98. The van der Waals surface area contributed by atoms with Gasteiger partial charge in [0.15, 0.2) is 0 Å². The summed E-state index contributed by atoms with van der Waals surface area (Å²) in [6.45, 7) is 1.91. The van der Waals surface area contributed by atoms with E-state index < -0.39 is 5.69 Å². The van der Waals surface area contributed by atoms with E-state index in [1.165, 1.54) is 16.8 Å².